The summed E-state index contributed by atoms with van der Waals surface area (Å²) in [7, 11) is 0. The summed E-state index contributed by atoms with van der Waals surface area (Å²) in [5.41, 5.74) is -0.00282. The number of benzene rings is 1. The number of anilines is 2. The minimum atomic E-state index is -0.640. The molecule has 2 aromatic rings. The second-order valence-corrected chi connectivity index (χ2v) is 6.93. The molecule has 2 N–H and O–H groups in total. The van der Waals surface area contributed by atoms with Crippen molar-refractivity contribution in [1.82, 2.24) is 4.98 Å². The topological polar surface area (TPSA) is 123 Å². The van der Waals surface area contributed by atoms with E-state index in [9.17, 15) is 19.7 Å². The third kappa shape index (κ3) is 5.53. The molecule has 0 unspecified atom stereocenters. The quantitative estimate of drug-likeness (QED) is 0.630. The average molecular weight is 364 g/mol. The first-order chi connectivity index (χ1) is 11.6. The average Bonchev–Trinajstić information content (AvgIpc) is 2.94. The van der Waals surface area contributed by atoms with Crippen molar-refractivity contribution in [3.05, 3.63) is 46.1 Å². The molecule has 1 heterocycles. The van der Waals surface area contributed by atoms with Gasteiger partial charge in [-0.2, -0.15) is 0 Å². The van der Waals surface area contributed by atoms with Crippen molar-refractivity contribution in [3.8, 4) is 0 Å². The molecule has 0 fully saturated rings. The van der Waals surface area contributed by atoms with Gasteiger partial charge in [-0.1, -0.05) is 6.07 Å². The van der Waals surface area contributed by atoms with E-state index in [0.29, 0.717) is 5.69 Å². The molecular formula is C15H16N4O5S. The van der Waals surface area contributed by atoms with E-state index in [0.717, 1.165) is 17.5 Å². The number of hydrogen-bond acceptors (Lipinski definition) is 7. The molecule has 132 valence electrons. The van der Waals surface area contributed by atoms with Gasteiger partial charge in [0.25, 0.3) is 5.91 Å². The lowest BCUT2D eigenvalue weighted by atomic mass is 10.2. The summed E-state index contributed by atoms with van der Waals surface area (Å²) < 4.78 is 5.14. The van der Waals surface area contributed by atoms with Crippen LogP contribution in [0, 0.1) is 10.1 Å². The number of thiazole rings is 1. The van der Waals surface area contributed by atoms with E-state index in [1.54, 1.807) is 32.9 Å². The van der Waals surface area contributed by atoms with Gasteiger partial charge in [0, 0.05) is 11.3 Å². The highest BCUT2D eigenvalue weighted by molar-refractivity contribution is 7.18. The number of nitrogens with zero attached hydrogens (tertiary/aromatic N) is 2. The Morgan fingerprint density at radius 2 is 2.00 bits per heavy atom. The predicted octanol–water partition coefficient (Wildman–Crippen LogP) is 3.65. The van der Waals surface area contributed by atoms with Gasteiger partial charge >= 0.3 is 11.1 Å². The molecule has 0 aliphatic heterocycles. The largest absolute Gasteiger partial charge is 0.444 e. The first-order valence-electron chi connectivity index (χ1n) is 7.16. The number of nitrogens with one attached hydrogen (secondary N) is 2. The Labute approximate surface area is 147 Å². The van der Waals surface area contributed by atoms with Gasteiger partial charge in [0.2, 0.25) is 0 Å². The number of hydrogen-bond donors (Lipinski definition) is 2. The van der Waals surface area contributed by atoms with Crippen LogP contribution in [0.2, 0.25) is 0 Å². The number of carbonyl (C=O) groups is 2. The van der Waals surface area contributed by atoms with Crippen molar-refractivity contribution in [2.45, 2.75) is 26.4 Å². The van der Waals surface area contributed by atoms with Crippen molar-refractivity contribution in [2.24, 2.45) is 0 Å². The molecule has 0 aliphatic carbocycles. The fraction of sp³-hybridized carbons (Fsp3) is 0.267. The fourth-order valence-electron chi connectivity index (χ4n) is 1.74. The summed E-state index contributed by atoms with van der Waals surface area (Å²) in [5.74, 6) is -0.503. The zero-order valence-electron chi connectivity index (χ0n) is 13.7. The molecule has 0 radical (unpaired) electrons. The monoisotopic (exact) mass is 364 g/mol. The van der Waals surface area contributed by atoms with E-state index in [4.69, 9.17) is 4.74 Å². The van der Waals surface area contributed by atoms with Gasteiger partial charge in [0.1, 0.15) is 11.8 Å². The zero-order chi connectivity index (χ0) is 18.6. The van der Waals surface area contributed by atoms with Crippen molar-refractivity contribution < 1.29 is 19.2 Å². The van der Waals surface area contributed by atoms with Crippen molar-refractivity contribution in [2.75, 3.05) is 10.6 Å². The summed E-state index contributed by atoms with van der Waals surface area (Å²) in [6.07, 6.45) is 0.432. The lowest BCUT2D eigenvalue weighted by Crippen LogP contribution is -2.27. The van der Waals surface area contributed by atoms with Crippen LogP contribution in [-0.2, 0) is 4.74 Å². The lowest BCUT2D eigenvalue weighted by molar-refractivity contribution is -0.380. The van der Waals surface area contributed by atoms with Crippen LogP contribution in [0.15, 0.2) is 30.5 Å². The molecule has 2 amide bonds. The smallest absolute Gasteiger partial charge is 0.412 e. The maximum Gasteiger partial charge on any atom is 0.412 e. The number of rotatable bonds is 4. The number of amides is 2. The number of nitro groups is 1. The second-order valence-electron chi connectivity index (χ2n) is 5.92. The molecule has 0 spiro atoms. The molecule has 1 aromatic heterocycles. The normalized spacial score (nSPS) is 10.8. The van der Waals surface area contributed by atoms with Crippen LogP contribution in [-0.4, -0.2) is 27.5 Å². The predicted molar refractivity (Wildman–Crippen MR) is 93.0 cm³/mol. The van der Waals surface area contributed by atoms with Crippen molar-refractivity contribution >= 4 is 39.2 Å². The van der Waals surface area contributed by atoms with Gasteiger partial charge < -0.3 is 4.74 Å². The Balaban J connectivity index is 2.05. The first kappa shape index (κ1) is 18.3. The second kappa shape index (κ2) is 7.26. The zero-order valence-corrected chi connectivity index (χ0v) is 14.5. The van der Waals surface area contributed by atoms with Crippen molar-refractivity contribution in [1.29, 1.82) is 0 Å². The summed E-state index contributed by atoms with van der Waals surface area (Å²) >= 11 is 0.753. The molecule has 0 bridgehead atoms. The number of carbonyl (C=O) groups excluding carboxylic acids is 2. The van der Waals surface area contributed by atoms with Gasteiger partial charge in [-0.15, -0.1) is 0 Å². The Morgan fingerprint density at radius 3 is 2.60 bits per heavy atom. The molecule has 0 aliphatic rings. The minimum absolute atomic E-state index is 0.113. The molecule has 0 atom stereocenters. The number of ether oxygens (including phenoxy) is 1. The lowest BCUT2D eigenvalue weighted by Gasteiger charge is -2.19. The summed E-state index contributed by atoms with van der Waals surface area (Å²) in [4.78, 5) is 37.8. The van der Waals surface area contributed by atoms with Gasteiger partial charge in [0.15, 0.2) is 5.13 Å². The van der Waals surface area contributed by atoms with E-state index in [1.165, 1.54) is 12.1 Å². The van der Waals surface area contributed by atoms with Crippen LogP contribution in [0.25, 0.3) is 0 Å². The van der Waals surface area contributed by atoms with Gasteiger partial charge in [0.05, 0.1) is 4.92 Å². The maximum atomic E-state index is 12.2. The summed E-state index contributed by atoms with van der Waals surface area (Å²) in [5, 5.41) is 15.6. The van der Waals surface area contributed by atoms with E-state index in [1.807, 2.05) is 0 Å². The summed E-state index contributed by atoms with van der Waals surface area (Å²) in [6.45, 7) is 5.22. The first-order valence-corrected chi connectivity index (χ1v) is 7.97. The van der Waals surface area contributed by atoms with E-state index in [2.05, 4.69) is 15.6 Å². The van der Waals surface area contributed by atoms with Crippen LogP contribution in [0.1, 0.15) is 31.1 Å². The molecule has 10 heteroatoms. The Kier molecular flexibility index (Phi) is 5.32. The Morgan fingerprint density at radius 1 is 1.28 bits per heavy atom. The molecule has 1 aromatic carbocycles. The van der Waals surface area contributed by atoms with Gasteiger partial charge in [-0.25, -0.2) is 9.78 Å². The highest BCUT2D eigenvalue weighted by Crippen LogP contribution is 2.25. The molecular weight excluding hydrogens is 348 g/mol. The van der Waals surface area contributed by atoms with Crippen molar-refractivity contribution in [3.63, 3.8) is 0 Å². The minimum Gasteiger partial charge on any atom is -0.444 e. The fourth-order valence-corrected chi connectivity index (χ4v) is 2.36. The Hall–Kier alpha value is -3.01. The van der Waals surface area contributed by atoms with Crippen LogP contribution in [0.5, 0.6) is 0 Å². The maximum absolute atomic E-state index is 12.2. The standard InChI is InChI=1S/C15H16N4O5S/c1-15(2,3)24-14(21)17-10-6-4-5-9(7-10)12(20)18-13-16-8-11(25-13)19(22)23/h4-8H,1-3H3,(H,17,21)(H,16,18,20). The van der Waals surface area contributed by atoms with E-state index >= 15 is 0 Å². The highest BCUT2D eigenvalue weighted by atomic mass is 32.1. The Bertz CT molecular complexity index is 812. The van der Waals surface area contributed by atoms with E-state index in [-0.39, 0.29) is 15.7 Å². The van der Waals surface area contributed by atoms with Crippen LogP contribution >= 0.6 is 11.3 Å². The molecule has 25 heavy (non-hydrogen) atoms. The molecule has 2 rings (SSSR count). The third-order valence-corrected chi connectivity index (χ3v) is 3.53. The highest BCUT2D eigenvalue weighted by Gasteiger charge is 2.17. The SMILES string of the molecule is CC(C)(C)OC(=O)Nc1cccc(C(=O)Nc2ncc([N+](=O)[O-])s2)c1. The molecule has 0 saturated heterocycles. The summed E-state index contributed by atoms with van der Waals surface area (Å²) in [6, 6.07) is 6.19. The number of aromatic nitrogens is 1. The molecule has 0 saturated carbocycles. The van der Waals surface area contributed by atoms with Gasteiger partial charge in [-0.3, -0.25) is 25.5 Å². The van der Waals surface area contributed by atoms with Crippen LogP contribution < -0.4 is 10.6 Å². The van der Waals surface area contributed by atoms with Gasteiger partial charge in [-0.05, 0) is 50.3 Å². The van der Waals surface area contributed by atoms with E-state index < -0.39 is 22.5 Å². The van der Waals surface area contributed by atoms with Crippen LogP contribution in [0.3, 0.4) is 0 Å². The van der Waals surface area contributed by atoms with Crippen LogP contribution in [0.4, 0.5) is 20.6 Å². The third-order valence-electron chi connectivity index (χ3n) is 2.66. The molecule has 9 nitrogen and oxygen atoms in total.